The SMILES string of the molecule is CCCCCCC(C)N(C(=O)CCc1cc(CCCC)c(O)c(CCCC)c1)c1ccc(Nc2ccccc2)cc1. The minimum atomic E-state index is 0.132. The zero-order valence-electron chi connectivity index (χ0n) is 25.9. The van der Waals surface area contributed by atoms with E-state index in [-0.39, 0.29) is 11.9 Å². The number of benzene rings is 3. The molecule has 41 heavy (non-hydrogen) atoms. The molecule has 3 rings (SSSR count). The Morgan fingerprint density at radius 1 is 0.756 bits per heavy atom. The van der Waals surface area contributed by atoms with Gasteiger partial charge < -0.3 is 15.3 Å². The number of carbonyl (C=O) groups excluding carboxylic acids is 1. The van der Waals surface area contributed by atoms with Crippen LogP contribution in [0.2, 0.25) is 0 Å². The molecule has 1 unspecified atom stereocenters. The lowest BCUT2D eigenvalue weighted by atomic mass is 9.95. The number of nitrogens with one attached hydrogen (secondary N) is 1. The highest BCUT2D eigenvalue weighted by molar-refractivity contribution is 5.94. The van der Waals surface area contributed by atoms with Crippen molar-refractivity contribution in [1.82, 2.24) is 0 Å². The molecule has 0 saturated heterocycles. The first-order chi connectivity index (χ1) is 20.0. The van der Waals surface area contributed by atoms with E-state index in [1.54, 1.807) is 0 Å². The number of hydrogen-bond donors (Lipinski definition) is 2. The molecule has 0 fully saturated rings. The van der Waals surface area contributed by atoms with Gasteiger partial charge >= 0.3 is 0 Å². The van der Waals surface area contributed by atoms with E-state index in [2.05, 4.69) is 69.4 Å². The van der Waals surface area contributed by atoms with Crippen LogP contribution in [-0.4, -0.2) is 17.1 Å². The van der Waals surface area contributed by atoms with Gasteiger partial charge in [0.2, 0.25) is 5.91 Å². The Bertz CT molecular complexity index is 1140. The van der Waals surface area contributed by atoms with Crippen LogP contribution in [0.5, 0.6) is 5.75 Å². The van der Waals surface area contributed by atoms with E-state index >= 15 is 0 Å². The predicted molar refractivity (Wildman–Crippen MR) is 176 cm³/mol. The van der Waals surface area contributed by atoms with Crippen molar-refractivity contribution < 1.29 is 9.90 Å². The summed E-state index contributed by atoms with van der Waals surface area (Å²) in [5, 5.41) is 14.4. The zero-order chi connectivity index (χ0) is 29.5. The Kier molecular flexibility index (Phi) is 13.8. The molecular weight excluding hydrogens is 504 g/mol. The Hall–Kier alpha value is -3.27. The first-order valence-corrected chi connectivity index (χ1v) is 16.0. The Labute approximate surface area is 249 Å². The summed E-state index contributed by atoms with van der Waals surface area (Å²) in [4.78, 5) is 15.9. The highest BCUT2D eigenvalue weighted by Crippen LogP contribution is 2.30. The lowest BCUT2D eigenvalue weighted by molar-refractivity contribution is -0.119. The molecule has 3 aromatic rings. The molecule has 0 aliphatic rings. The van der Waals surface area contributed by atoms with Gasteiger partial charge in [0.15, 0.2) is 0 Å². The lowest BCUT2D eigenvalue weighted by Crippen LogP contribution is -2.39. The van der Waals surface area contributed by atoms with Gasteiger partial charge in [-0.1, -0.05) is 89.6 Å². The Morgan fingerprint density at radius 3 is 1.93 bits per heavy atom. The zero-order valence-corrected chi connectivity index (χ0v) is 25.9. The summed E-state index contributed by atoms with van der Waals surface area (Å²) in [5.41, 5.74) is 6.23. The van der Waals surface area contributed by atoms with Crippen LogP contribution in [0.25, 0.3) is 0 Å². The van der Waals surface area contributed by atoms with Crippen LogP contribution in [-0.2, 0) is 24.1 Å². The third kappa shape index (κ3) is 10.3. The van der Waals surface area contributed by atoms with Crippen molar-refractivity contribution >= 4 is 23.0 Å². The van der Waals surface area contributed by atoms with Crippen molar-refractivity contribution in [3.8, 4) is 5.75 Å². The fourth-order valence-corrected chi connectivity index (χ4v) is 5.50. The van der Waals surface area contributed by atoms with Crippen molar-refractivity contribution in [2.24, 2.45) is 0 Å². The van der Waals surface area contributed by atoms with Crippen LogP contribution in [0.15, 0.2) is 66.7 Å². The fourth-order valence-electron chi connectivity index (χ4n) is 5.50. The maximum atomic E-state index is 13.9. The molecule has 1 amide bonds. The van der Waals surface area contributed by atoms with Crippen LogP contribution in [0, 0.1) is 0 Å². The summed E-state index contributed by atoms with van der Waals surface area (Å²) in [6.45, 7) is 8.78. The first kappa shape index (κ1) is 32.2. The van der Waals surface area contributed by atoms with Gasteiger partial charge in [-0.25, -0.2) is 0 Å². The van der Waals surface area contributed by atoms with Crippen molar-refractivity contribution in [2.75, 3.05) is 10.2 Å². The quantitative estimate of drug-likeness (QED) is 0.153. The van der Waals surface area contributed by atoms with Crippen LogP contribution in [0.4, 0.5) is 17.1 Å². The van der Waals surface area contributed by atoms with Gasteiger partial charge in [0.1, 0.15) is 5.75 Å². The summed E-state index contributed by atoms with van der Waals surface area (Å²) in [6, 6.07) is 22.8. The highest BCUT2D eigenvalue weighted by atomic mass is 16.3. The van der Waals surface area contributed by atoms with Gasteiger partial charge in [0.25, 0.3) is 0 Å². The smallest absolute Gasteiger partial charge is 0.227 e. The van der Waals surface area contributed by atoms with Crippen molar-refractivity contribution in [1.29, 1.82) is 0 Å². The van der Waals surface area contributed by atoms with E-state index in [1.807, 2.05) is 35.2 Å². The summed E-state index contributed by atoms with van der Waals surface area (Å²) >= 11 is 0. The van der Waals surface area contributed by atoms with Gasteiger partial charge in [0.05, 0.1) is 0 Å². The third-order valence-corrected chi connectivity index (χ3v) is 7.95. The molecule has 2 N–H and O–H groups in total. The number of nitrogens with zero attached hydrogens (tertiary/aromatic N) is 1. The average molecular weight is 557 g/mol. The Morgan fingerprint density at radius 2 is 1.34 bits per heavy atom. The number of anilines is 3. The van der Waals surface area contributed by atoms with Crippen LogP contribution in [0.3, 0.4) is 0 Å². The molecule has 1 atom stereocenters. The maximum Gasteiger partial charge on any atom is 0.227 e. The maximum absolute atomic E-state index is 13.9. The largest absolute Gasteiger partial charge is 0.507 e. The van der Waals surface area contributed by atoms with E-state index in [0.29, 0.717) is 18.6 Å². The number of phenols is 1. The molecule has 0 saturated carbocycles. The van der Waals surface area contributed by atoms with Gasteiger partial charge in [-0.05, 0) is 98.5 Å². The number of para-hydroxylation sites is 1. The molecule has 0 spiro atoms. The second kappa shape index (κ2) is 17.5. The van der Waals surface area contributed by atoms with Crippen LogP contribution < -0.4 is 10.2 Å². The molecule has 0 bridgehead atoms. The predicted octanol–water partition coefficient (Wildman–Crippen LogP) is 10.1. The molecule has 0 aliphatic heterocycles. The summed E-state index contributed by atoms with van der Waals surface area (Å²) < 4.78 is 0. The van der Waals surface area contributed by atoms with E-state index in [1.165, 1.54) is 19.3 Å². The van der Waals surface area contributed by atoms with Crippen LogP contribution >= 0.6 is 0 Å². The fraction of sp³-hybridized carbons (Fsp3) is 0.486. The number of aromatic hydroxyl groups is 1. The monoisotopic (exact) mass is 556 g/mol. The van der Waals surface area contributed by atoms with Gasteiger partial charge in [-0.2, -0.15) is 0 Å². The molecule has 0 radical (unpaired) electrons. The van der Waals surface area contributed by atoms with Gasteiger partial charge in [-0.3, -0.25) is 4.79 Å². The molecular formula is C37H52N2O2. The van der Waals surface area contributed by atoms with E-state index < -0.39 is 0 Å². The summed E-state index contributed by atoms with van der Waals surface area (Å²) in [5.74, 6) is 0.628. The third-order valence-electron chi connectivity index (χ3n) is 7.95. The first-order valence-electron chi connectivity index (χ1n) is 16.0. The van der Waals surface area contributed by atoms with E-state index in [4.69, 9.17) is 0 Å². The number of phenolic OH excluding ortho intramolecular Hbond substituents is 1. The minimum absolute atomic E-state index is 0.132. The topological polar surface area (TPSA) is 52.6 Å². The van der Waals surface area contributed by atoms with Crippen molar-refractivity contribution in [3.05, 3.63) is 83.4 Å². The number of unbranched alkanes of at least 4 members (excludes halogenated alkanes) is 5. The molecule has 0 aliphatic carbocycles. The summed E-state index contributed by atoms with van der Waals surface area (Å²) in [6.07, 6.45) is 13.0. The molecule has 222 valence electrons. The second-order valence-corrected chi connectivity index (χ2v) is 11.5. The lowest BCUT2D eigenvalue weighted by Gasteiger charge is -2.30. The second-order valence-electron chi connectivity index (χ2n) is 11.5. The average Bonchev–Trinajstić information content (AvgIpc) is 2.99. The number of amides is 1. The van der Waals surface area contributed by atoms with Crippen molar-refractivity contribution in [3.63, 3.8) is 0 Å². The molecule has 4 heteroatoms. The highest BCUT2D eigenvalue weighted by Gasteiger charge is 2.22. The number of carbonyl (C=O) groups is 1. The molecule has 0 aromatic heterocycles. The minimum Gasteiger partial charge on any atom is -0.507 e. The molecule has 4 nitrogen and oxygen atoms in total. The van der Waals surface area contributed by atoms with Gasteiger partial charge in [0, 0.05) is 29.5 Å². The van der Waals surface area contributed by atoms with Crippen molar-refractivity contribution in [2.45, 2.75) is 117 Å². The van der Waals surface area contributed by atoms with E-state index in [0.717, 1.165) is 85.1 Å². The Balaban J connectivity index is 1.78. The number of rotatable bonds is 18. The molecule has 0 heterocycles. The van der Waals surface area contributed by atoms with Gasteiger partial charge in [-0.15, -0.1) is 0 Å². The number of aryl methyl sites for hydroxylation is 3. The van der Waals surface area contributed by atoms with E-state index in [9.17, 15) is 9.90 Å². The standard InChI is InChI=1S/C37H52N2O2/c1-5-8-11-13-16-29(4)39(35-24-22-34(23-25-35)38-33-19-14-12-15-20-33)36(40)26-21-30-27-31(17-9-6-2)37(41)32(28-30)18-10-7-3/h12,14-15,19-20,22-25,27-29,38,41H,5-11,13,16-18,21,26H2,1-4H3. The number of hydrogen-bond acceptors (Lipinski definition) is 3. The normalized spacial score (nSPS) is 11.8. The van der Waals surface area contributed by atoms with Crippen LogP contribution in [0.1, 0.15) is 109 Å². The molecule has 3 aromatic carbocycles. The summed E-state index contributed by atoms with van der Waals surface area (Å²) in [7, 11) is 0.